The van der Waals surface area contributed by atoms with Crippen molar-refractivity contribution in [1.82, 2.24) is 10.3 Å². The summed E-state index contributed by atoms with van der Waals surface area (Å²) < 4.78 is 0. The van der Waals surface area contributed by atoms with Gasteiger partial charge in [-0.25, -0.2) is 5.84 Å². The highest BCUT2D eigenvalue weighted by atomic mass is 16.2. The number of rotatable bonds is 7. The van der Waals surface area contributed by atoms with Crippen LogP contribution in [0.5, 0.6) is 0 Å². The summed E-state index contributed by atoms with van der Waals surface area (Å²) in [5.74, 6) is 4.96. The molecule has 0 spiro atoms. The smallest absolute Gasteiger partial charge is 0.235 e. The molecule has 0 aromatic carbocycles. The van der Waals surface area contributed by atoms with Crippen LogP contribution in [0.1, 0.15) is 40.0 Å². The summed E-state index contributed by atoms with van der Waals surface area (Å²) in [7, 11) is 0. The second-order valence-electron chi connectivity index (χ2n) is 3.66. The molecule has 0 saturated carbocycles. The topological polar surface area (TPSA) is 58.4 Å². The molecule has 0 heterocycles. The van der Waals surface area contributed by atoms with E-state index in [1.165, 1.54) is 0 Å². The fraction of sp³-hybridized carbons (Fsp3) is 0.900. The van der Waals surface area contributed by atoms with Crippen molar-refractivity contribution in [2.45, 2.75) is 46.1 Å². The van der Waals surface area contributed by atoms with Gasteiger partial charge in [-0.05, 0) is 32.9 Å². The zero-order valence-electron chi connectivity index (χ0n) is 9.55. The summed E-state index contributed by atoms with van der Waals surface area (Å²) in [6.45, 7) is 8.47. The van der Waals surface area contributed by atoms with Gasteiger partial charge in [-0.2, -0.15) is 0 Å². The van der Waals surface area contributed by atoms with Crippen LogP contribution in [-0.2, 0) is 4.79 Å². The Kier molecular flexibility index (Phi) is 7.42. The Hall–Kier alpha value is -0.610. The maximum atomic E-state index is 11.1. The quantitative estimate of drug-likeness (QED) is 0.365. The van der Waals surface area contributed by atoms with E-state index in [4.69, 9.17) is 5.84 Å². The lowest BCUT2D eigenvalue weighted by molar-refractivity contribution is -0.122. The molecule has 0 rings (SSSR count). The Bertz CT molecular complexity index is 155. The molecule has 14 heavy (non-hydrogen) atoms. The van der Waals surface area contributed by atoms with E-state index in [9.17, 15) is 4.79 Å². The third-order valence-corrected chi connectivity index (χ3v) is 2.29. The van der Waals surface area contributed by atoms with Gasteiger partial charge in [0.1, 0.15) is 0 Å². The molecule has 0 aromatic heterocycles. The maximum Gasteiger partial charge on any atom is 0.235 e. The van der Waals surface area contributed by atoms with Gasteiger partial charge in [-0.1, -0.05) is 13.8 Å². The molecule has 4 heteroatoms. The van der Waals surface area contributed by atoms with Crippen molar-refractivity contribution in [3.8, 4) is 0 Å². The molecule has 1 unspecified atom stereocenters. The maximum absolute atomic E-state index is 11.1. The Labute approximate surface area is 86.8 Å². The van der Waals surface area contributed by atoms with Crippen LogP contribution in [-0.4, -0.2) is 29.9 Å². The molecule has 0 aliphatic rings. The molecule has 84 valence electrons. The number of amides is 1. The molecule has 1 atom stereocenters. The van der Waals surface area contributed by atoms with Gasteiger partial charge >= 0.3 is 0 Å². The first-order valence-electron chi connectivity index (χ1n) is 5.39. The van der Waals surface area contributed by atoms with Crippen LogP contribution in [0.25, 0.3) is 0 Å². The van der Waals surface area contributed by atoms with E-state index < -0.39 is 0 Å². The van der Waals surface area contributed by atoms with E-state index in [-0.39, 0.29) is 11.9 Å². The number of carbonyl (C=O) groups excluding carboxylic acids is 1. The second kappa shape index (κ2) is 7.76. The first kappa shape index (κ1) is 13.4. The highest BCUT2D eigenvalue weighted by molar-refractivity contribution is 5.75. The number of nitrogens with two attached hydrogens (primary N) is 1. The normalized spacial score (nSPS) is 12.9. The molecular weight excluding hydrogens is 178 g/mol. The van der Waals surface area contributed by atoms with Crippen LogP contribution >= 0.6 is 0 Å². The zero-order chi connectivity index (χ0) is 11.0. The van der Waals surface area contributed by atoms with Crippen molar-refractivity contribution in [3.05, 3.63) is 0 Å². The largest absolute Gasteiger partial charge is 0.300 e. The summed E-state index contributed by atoms with van der Waals surface area (Å²) in [5.41, 5.74) is 2.17. The molecular formula is C10H23N3O. The Balaban J connectivity index is 3.99. The fourth-order valence-corrected chi connectivity index (χ4v) is 1.58. The van der Waals surface area contributed by atoms with Gasteiger partial charge < -0.3 is 4.90 Å². The molecule has 3 N–H and O–H groups in total. The lowest BCUT2D eigenvalue weighted by Crippen LogP contribution is -2.40. The summed E-state index contributed by atoms with van der Waals surface area (Å²) in [6.07, 6.45) is 2.72. The molecule has 1 amide bonds. The van der Waals surface area contributed by atoms with E-state index in [0.717, 1.165) is 25.9 Å². The molecule has 4 nitrogen and oxygen atoms in total. The predicted octanol–water partition coefficient (Wildman–Crippen LogP) is 0.877. The second-order valence-corrected chi connectivity index (χ2v) is 3.66. The monoisotopic (exact) mass is 201 g/mol. The van der Waals surface area contributed by atoms with Crippen molar-refractivity contribution < 1.29 is 4.79 Å². The molecule has 0 radical (unpaired) electrons. The van der Waals surface area contributed by atoms with Crippen molar-refractivity contribution in [2.24, 2.45) is 5.84 Å². The standard InChI is InChI=1S/C10H23N3O/c1-4-6-13(7-5-2)9(3)8-10(14)12-11/h9H,4-8,11H2,1-3H3,(H,12,14). The first-order chi connectivity index (χ1) is 6.65. The Morgan fingerprint density at radius 2 is 1.86 bits per heavy atom. The lowest BCUT2D eigenvalue weighted by Gasteiger charge is -2.27. The van der Waals surface area contributed by atoms with E-state index >= 15 is 0 Å². The number of hydrogen-bond donors (Lipinski definition) is 2. The minimum absolute atomic E-state index is 0.0882. The van der Waals surface area contributed by atoms with Crippen LogP contribution in [0.3, 0.4) is 0 Å². The number of carbonyl (C=O) groups is 1. The van der Waals surface area contributed by atoms with E-state index in [2.05, 4.69) is 31.1 Å². The summed E-state index contributed by atoms with van der Waals surface area (Å²) in [4.78, 5) is 13.4. The first-order valence-corrected chi connectivity index (χ1v) is 5.39. The van der Waals surface area contributed by atoms with Gasteiger partial charge in [-0.15, -0.1) is 0 Å². The summed E-state index contributed by atoms with van der Waals surface area (Å²) in [5, 5.41) is 0. The number of nitrogens with zero attached hydrogens (tertiary/aromatic N) is 1. The van der Waals surface area contributed by atoms with Crippen LogP contribution in [0.4, 0.5) is 0 Å². The third kappa shape index (κ3) is 5.19. The van der Waals surface area contributed by atoms with Crippen LogP contribution < -0.4 is 11.3 Å². The van der Waals surface area contributed by atoms with E-state index in [0.29, 0.717) is 6.42 Å². The average molecular weight is 201 g/mol. The minimum Gasteiger partial charge on any atom is -0.300 e. The molecule has 0 aliphatic carbocycles. The SMILES string of the molecule is CCCN(CCC)C(C)CC(=O)NN. The predicted molar refractivity (Wildman–Crippen MR) is 58.6 cm³/mol. The van der Waals surface area contributed by atoms with Gasteiger partial charge in [0, 0.05) is 12.5 Å². The van der Waals surface area contributed by atoms with Crippen LogP contribution in [0.2, 0.25) is 0 Å². The van der Waals surface area contributed by atoms with Gasteiger partial charge in [0.25, 0.3) is 0 Å². The van der Waals surface area contributed by atoms with Crippen molar-refractivity contribution in [2.75, 3.05) is 13.1 Å². The van der Waals surface area contributed by atoms with E-state index in [1.807, 2.05) is 0 Å². The zero-order valence-corrected chi connectivity index (χ0v) is 9.55. The number of hydrogen-bond acceptors (Lipinski definition) is 3. The molecule has 0 fully saturated rings. The summed E-state index contributed by atoms with van der Waals surface area (Å²) in [6, 6.07) is 0.276. The van der Waals surface area contributed by atoms with Gasteiger partial charge in [0.05, 0.1) is 0 Å². The number of hydrazine groups is 1. The average Bonchev–Trinajstić information content (AvgIpc) is 2.17. The lowest BCUT2D eigenvalue weighted by atomic mass is 10.2. The van der Waals surface area contributed by atoms with Crippen molar-refractivity contribution >= 4 is 5.91 Å². The van der Waals surface area contributed by atoms with Gasteiger partial charge in [-0.3, -0.25) is 10.2 Å². The highest BCUT2D eigenvalue weighted by Crippen LogP contribution is 2.05. The Morgan fingerprint density at radius 1 is 1.36 bits per heavy atom. The molecule has 0 saturated heterocycles. The van der Waals surface area contributed by atoms with Crippen LogP contribution in [0.15, 0.2) is 0 Å². The summed E-state index contributed by atoms with van der Waals surface area (Å²) >= 11 is 0. The molecule has 0 aromatic rings. The Morgan fingerprint density at radius 3 is 2.21 bits per heavy atom. The fourth-order valence-electron chi connectivity index (χ4n) is 1.58. The van der Waals surface area contributed by atoms with E-state index in [1.54, 1.807) is 0 Å². The molecule has 0 bridgehead atoms. The minimum atomic E-state index is -0.0882. The van der Waals surface area contributed by atoms with Crippen LogP contribution in [0, 0.1) is 0 Å². The van der Waals surface area contributed by atoms with Gasteiger partial charge in [0.2, 0.25) is 5.91 Å². The van der Waals surface area contributed by atoms with Crippen molar-refractivity contribution in [1.29, 1.82) is 0 Å². The highest BCUT2D eigenvalue weighted by Gasteiger charge is 2.14. The van der Waals surface area contributed by atoms with Crippen molar-refractivity contribution in [3.63, 3.8) is 0 Å². The third-order valence-electron chi connectivity index (χ3n) is 2.29. The van der Waals surface area contributed by atoms with Gasteiger partial charge in [0.15, 0.2) is 0 Å². The molecule has 0 aliphatic heterocycles. The number of nitrogens with one attached hydrogen (secondary N) is 1.